The van der Waals surface area contributed by atoms with Crippen LogP contribution in [0.1, 0.15) is 28.1 Å². The van der Waals surface area contributed by atoms with E-state index in [1.54, 1.807) is 18.4 Å². The highest BCUT2D eigenvalue weighted by molar-refractivity contribution is 7.11. The number of hydrogen-bond acceptors (Lipinski definition) is 6. The lowest BCUT2D eigenvalue weighted by molar-refractivity contribution is 0.270. The molecular formula is C21H33N7S. The molecule has 1 saturated heterocycles. The second-order valence-electron chi connectivity index (χ2n) is 7.30. The number of aliphatic imine (C=N–C) groups is 1. The van der Waals surface area contributed by atoms with E-state index in [4.69, 9.17) is 0 Å². The molecule has 158 valence electrons. The molecule has 3 heterocycles. The third-order valence-corrected chi connectivity index (χ3v) is 6.47. The summed E-state index contributed by atoms with van der Waals surface area (Å²) in [5.41, 5.74) is 2.35. The first kappa shape index (κ1) is 21.5. The van der Waals surface area contributed by atoms with Gasteiger partial charge in [-0.3, -0.25) is 4.99 Å². The summed E-state index contributed by atoms with van der Waals surface area (Å²) in [6, 6.07) is 4.25. The van der Waals surface area contributed by atoms with Crippen LogP contribution in [-0.2, 0) is 13.0 Å². The number of rotatable bonds is 7. The number of hydrogen-bond donors (Lipinski definition) is 2. The van der Waals surface area contributed by atoms with Crippen LogP contribution in [0.5, 0.6) is 0 Å². The standard InChI is InChI=1S/C21H33N7S/c1-5-27-10-12-28(13-11-27)19-14-18(6-8-23-19)15-25-21(22-4)24-9-7-20-26-16(2)17(3)29-20/h6,8,14H,5,7,9-13,15H2,1-4H3,(H2,22,24,25). The minimum absolute atomic E-state index is 0.722. The molecule has 1 aliphatic rings. The number of thiazole rings is 1. The number of anilines is 1. The van der Waals surface area contributed by atoms with Gasteiger partial charge in [-0.25, -0.2) is 9.97 Å². The second kappa shape index (κ2) is 10.5. The van der Waals surface area contributed by atoms with E-state index < -0.39 is 0 Å². The summed E-state index contributed by atoms with van der Waals surface area (Å²) < 4.78 is 0. The zero-order valence-electron chi connectivity index (χ0n) is 18.0. The van der Waals surface area contributed by atoms with Crippen molar-refractivity contribution in [3.8, 4) is 0 Å². The first-order valence-electron chi connectivity index (χ1n) is 10.4. The summed E-state index contributed by atoms with van der Waals surface area (Å²) in [5.74, 6) is 1.88. The van der Waals surface area contributed by atoms with Crippen LogP contribution in [0, 0.1) is 13.8 Å². The summed E-state index contributed by atoms with van der Waals surface area (Å²) in [5, 5.41) is 7.95. The van der Waals surface area contributed by atoms with Crippen LogP contribution in [0.2, 0.25) is 0 Å². The summed E-state index contributed by atoms with van der Waals surface area (Å²) in [4.78, 5) is 19.7. The van der Waals surface area contributed by atoms with E-state index in [0.29, 0.717) is 0 Å². The molecule has 7 nitrogen and oxygen atoms in total. The molecule has 2 aromatic rings. The van der Waals surface area contributed by atoms with Crippen molar-refractivity contribution in [3.63, 3.8) is 0 Å². The lowest BCUT2D eigenvalue weighted by Crippen LogP contribution is -2.46. The molecule has 0 radical (unpaired) electrons. The van der Waals surface area contributed by atoms with Gasteiger partial charge in [0.25, 0.3) is 0 Å². The van der Waals surface area contributed by atoms with Gasteiger partial charge in [-0.15, -0.1) is 11.3 Å². The Morgan fingerprint density at radius 2 is 2.00 bits per heavy atom. The molecule has 0 aromatic carbocycles. The van der Waals surface area contributed by atoms with E-state index >= 15 is 0 Å². The highest BCUT2D eigenvalue weighted by Crippen LogP contribution is 2.17. The van der Waals surface area contributed by atoms with E-state index in [1.165, 1.54) is 15.4 Å². The molecule has 0 atom stereocenters. The number of piperazine rings is 1. The van der Waals surface area contributed by atoms with Crippen LogP contribution >= 0.6 is 11.3 Å². The fraction of sp³-hybridized carbons (Fsp3) is 0.571. The average Bonchev–Trinajstić information content (AvgIpc) is 3.08. The third kappa shape index (κ3) is 6.14. The summed E-state index contributed by atoms with van der Waals surface area (Å²) >= 11 is 1.77. The smallest absolute Gasteiger partial charge is 0.191 e. The predicted molar refractivity (Wildman–Crippen MR) is 122 cm³/mol. The Bertz CT molecular complexity index is 790. The van der Waals surface area contributed by atoms with Gasteiger partial charge in [0, 0.05) is 63.8 Å². The SMILES string of the molecule is CCN1CCN(c2cc(CNC(=NC)NCCc3nc(C)c(C)s3)ccn2)CC1. The molecule has 8 heteroatoms. The molecule has 0 unspecified atom stereocenters. The zero-order chi connectivity index (χ0) is 20.6. The van der Waals surface area contributed by atoms with E-state index in [0.717, 1.165) is 69.7 Å². The molecule has 0 spiro atoms. The maximum absolute atomic E-state index is 4.59. The van der Waals surface area contributed by atoms with Gasteiger partial charge < -0.3 is 20.4 Å². The Hall–Kier alpha value is -2.19. The van der Waals surface area contributed by atoms with Crippen molar-refractivity contribution in [1.29, 1.82) is 0 Å². The zero-order valence-corrected chi connectivity index (χ0v) is 18.8. The fourth-order valence-corrected chi connectivity index (χ4v) is 4.31. The number of guanidine groups is 1. The maximum atomic E-state index is 4.59. The van der Waals surface area contributed by atoms with E-state index in [1.807, 2.05) is 6.20 Å². The average molecular weight is 416 g/mol. The van der Waals surface area contributed by atoms with Crippen LogP contribution in [-0.4, -0.2) is 67.1 Å². The number of aromatic nitrogens is 2. The molecule has 29 heavy (non-hydrogen) atoms. The molecule has 0 amide bonds. The van der Waals surface area contributed by atoms with Crippen molar-refractivity contribution >= 4 is 23.1 Å². The van der Waals surface area contributed by atoms with Crippen LogP contribution in [0.4, 0.5) is 5.82 Å². The highest BCUT2D eigenvalue weighted by atomic mass is 32.1. The normalized spacial score (nSPS) is 15.6. The lowest BCUT2D eigenvalue weighted by atomic mass is 10.2. The highest BCUT2D eigenvalue weighted by Gasteiger charge is 2.16. The predicted octanol–water partition coefficient (Wildman–Crippen LogP) is 2.20. The molecule has 0 saturated carbocycles. The van der Waals surface area contributed by atoms with Crippen molar-refractivity contribution in [2.45, 2.75) is 33.7 Å². The van der Waals surface area contributed by atoms with Gasteiger partial charge in [0.15, 0.2) is 5.96 Å². The number of nitrogens with zero attached hydrogens (tertiary/aromatic N) is 5. The molecule has 0 bridgehead atoms. The quantitative estimate of drug-likeness (QED) is 0.534. The van der Waals surface area contributed by atoms with Crippen LogP contribution < -0.4 is 15.5 Å². The monoisotopic (exact) mass is 415 g/mol. The molecule has 1 fully saturated rings. The van der Waals surface area contributed by atoms with Crippen molar-refractivity contribution in [2.24, 2.45) is 4.99 Å². The molecule has 3 rings (SSSR count). The Kier molecular flexibility index (Phi) is 7.83. The second-order valence-corrected chi connectivity index (χ2v) is 8.58. The van der Waals surface area contributed by atoms with Crippen molar-refractivity contribution in [2.75, 3.05) is 51.2 Å². The van der Waals surface area contributed by atoms with Gasteiger partial charge in [-0.05, 0) is 38.1 Å². The molecule has 2 N–H and O–H groups in total. The van der Waals surface area contributed by atoms with Gasteiger partial charge in [-0.1, -0.05) is 6.92 Å². The Labute approximate surface area is 178 Å². The molecule has 2 aromatic heterocycles. The maximum Gasteiger partial charge on any atom is 0.191 e. The van der Waals surface area contributed by atoms with Gasteiger partial charge in [-0.2, -0.15) is 0 Å². The largest absolute Gasteiger partial charge is 0.356 e. The van der Waals surface area contributed by atoms with Gasteiger partial charge in [0.2, 0.25) is 0 Å². The Balaban J connectivity index is 1.46. The van der Waals surface area contributed by atoms with Crippen LogP contribution in [0.25, 0.3) is 0 Å². The number of pyridine rings is 1. The first-order chi connectivity index (χ1) is 14.1. The lowest BCUT2D eigenvalue weighted by Gasteiger charge is -2.34. The molecular weight excluding hydrogens is 382 g/mol. The topological polar surface area (TPSA) is 68.7 Å². The Morgan fingerprint density at radius 1 is 1.21 bits per heavy atom. The summed E-state index contributed by atoms with van der Waals surface area (Å²) in [6.07, 6.45) is 2.81. The van der Waals surface area contributed by atoms with E-state index in [-0.39, 0.29) is 0 Å². The van der Waals surface area contributed by atoms with E-state index in [2.05, 4.69) is 68.3 Å². The van der Waals surface area contributed by atoms with Crippen molar-refractivity contribution < 1.29 is 0 Å². The number of likely N-dealkylation sites (N-methyl/N-ethyl adjacent to an activating group) is 1. The van der Waals surface area contributed by atoms with Gasteiger partial charge in [0.1, 0.15) is 5.82 Å². The molecule has 0 aliphatic carbocycles. The van der Waals surface area contributed by atoms with Crippen molar-refractivity contribution in [1.82, 2.24) is 25.5 Å². The van der Waals surface area contributed by atoms with Crippen LogP contribution in [0.15, 0.2) is 23.3 Å². The number of aryl methyl sites for hydroxylation is 2. The van der Waals surface area contributed by atoms with Crippen molar-refractivity contribution in [3.05, 3.63) is 39.5 Å². The summed E-state index contributed by atoms with van der Waals surface area (Å²) in [6.45, 7) is 13.4. The first-order valence-corrected chi connectivity index (χ1v) is 11.2. The molecule has 1 aliphatic heterocycles. The minimum atomic E-state index is 0.722. The minimum Gasteiger partial charge on any atom is -0.356 e. The Morgan fingerprint density at radius 3 is 2.66 bits per heavy atom. The fourth-order valence-electron chi connectivity index (χ4n) is 3.38. The van der Waals surface area contributed by atoms with Gasteiger partial charge >= 0.3 is 0 Å². The number of nitrogens with one attached hydrogen (secondary N) is 2. The van der Waals surface area contributed by atoms with E-state index in [9.17, 15) is 0 Å². The summed E-state index contributed by atoms with van der Waals surface area (Å²) in [7, 11) is 1.80. The van der Waals surface area contributed by atoms with Gasteiger partial charge in [0.05, 0.1) is 10.7 Å². The third-order valence-electron chi connectivity index (χ3n) is 5.34. The van der Waals surface area contributed by atoms with Crippen LogP contribution in [0.3, 0.4) is 0 Å².